The van der Waals surface area contributed by atoms with E-state index in [1.807, 2.05) is 6.92 Å². The van der Waals surface area contributed by atoms with Crippen LogP contribution in [-0.4, -0.2) is 38.9 Å². The van der Waals surface area contributed by atoms with Crippen LogP contribution < -0.4 is 4.72 Å². The van der Waals surface area contributed by atoms with Crippen LogP contribution >= 0.6 is 0 Å². The average Bonchev–Trinajstić information content (AvgIpc) is 2.93. The maximum absolute atomic E-state index is 12.3. The number of aliphatic hydroxyl groups excluding tert-OH is 1. The lowest BCUT2D eigenvalue weighted by molar-refractivity contribution is 0.0902. The van der Waals surface area contributed by atoms with E-state index < -0.39 is 10.0 Å². The lowest BCUT2D eigenvalue weighted by Gasteiger charge is -2.20. The van der Waals surface area contributed by atoms with Gasteiger partial charge in [0.2, 0.25) is 10.0 Å². The second-order valence-electron chi connectivity index (χ2n) is 5.08. The molecule has 0 spiro atoms. The number of aliphatic hydroxyl groups is 1. The smallest absolute Gasteiger partial charge is 0.240 e. The first-order valence-electron chi connectivity index (χ1n) is 6.86. The highest BCUT2D eigenvalue weighted by atomic mass is 32.2. The van der Waals surface area contributed by atoms with Gasteiger partial charge >= 0.3 is 0 Å². The zero-order chi connectivity index (χ0) is 14.6. The van der Waals surface area contributed by atoms with E-state index >= 15 is 0 Å². The Morgan fingerprint density at radius 1 is 1.40 bits per heavy atom. The van der Waals surface area contributed by atoms with Crippen molar-refractivity contribution in [2.45, 2.75) is 43.2 Å². The summed E-state index contributed by atoms with van der Waals surface area (Å²) in [4.78, 5) is 0.240. The molecule has 1 saturated heterocycles. The van der Waals surface area contributed by atoms with E-state index in [0.29, 0.717) is 13.0 Å². The maximum Gasteiger partial charge on any atom is 0.240 e. The third-order valence-corrected chi connectivity index (χ3v) is 5.07. The summed E-state index contributed by atoms with van der Waals surface area (Å²) in [5.41, 5.74) is 0.915. The van der Waals surface area contributed by atoms with Gasteiger partial charge in [0.05, 0.1) is 11.0 Å². The molecule has 2 atom stereocenters. The van der Waals surface area contributed by atoms with Crippen LogP contribution in [0, 0.1) is 0 Å². The Bertz CT molecular complexity index is 521. The molecule has 0 radical (unpaired) electrons. The first kappa shape index (κ1) is 15.4. The lowest BCUT2D eigenvalue weighted by Crippen LogP contribution is -2.40. The Morgan fingerprint density at radius 3 is 2.65 bits per heavy atom. The average molecular weight is 299 g/mol. The van der Waals surface area contributed by atoms with Gasteiger partial charge in [-0.25, -0.2) is 13.1 Å². The summed E-state index contributed by atoms with van der Waals surface area (Å²) in [6, 6.07) is 6.34. The first-order chi connectivity index (χ1) is 9.53. The Morgan fingerprint density at radius 2 is 2.10 bits per heavy atom. The second-order valence-corrected chi connectivity index (χ2v) is 6.79. The Kier molecular flexibility index (Phi) is 5.15. The van der Waals surface area contributed by atoms with Gasteiger partial charge in [0.25, 0.3) is 0 Å². The number of rotatable bonds is 6. The molecule has 2 N–H and O–H groups in total. The Labute approximate surface area is 120 Å². The van der Waals surface area contributed by atoms with Gasteiger partial charge in [-0.1, -0.05) is 12.1 Å². The van der Waals surface area contributed by atoms with Gasteiger partial charge in [-0.05, 0) is 43.9 Å². The van der Waals surface area contributed by atoms with Crippen LogP contribution in [0.5, 0.6) is 0 Å². The van der Waals surface area contributed by atoms with Gasteiger partial charge in [0.1, 0.15) is 0 Å². The topological polar surface area (TPSA) is 75.6 Å². The number of ether oxygens (including phenoxy) is 1. The summed E-state index contributed by atoms with van der Waals surface area (Å²) in [6.45, 7) is 2.58. The molecule has 2 unspecified atom stereocenters. The van der Waals surface area contributed by atoms with E-state index in [9.17, 15) is 8.42 Å². The van der Waals surface area contributed by atoms with Crippen LogP contribution in [0.3, 0.4) is 0 Å². The minimum Gasteiger partial charge on any atom is -0.396 e. The van der Waals surface area contributed by atoms with Gasteiger partial charge in [-0.3, -0.25) is 0 Å². The molecule has 1 aliphatic heterocycles. The van der Waals surface area contributed by atoms with Crippen molar-refractivity contribution >= 4 is 10.0 Å². The maximum atomic E-state index is 12.3. The fourth-order valence-corrected chi connectivity index (χ4v) is 3.62. The molecular weight excluding hydrogens is 278 g/mol. The van der Waals surface area contributed by atoms with Gasteiger partial charge in [-0.2, -0.15) is 0 Å². The predicted octanol–water partition coefficient (Wildman–Crippen LogP) is 1.07. The van der Waals surface area contributed by atoms with Crippen molar-refractivity contribution in [1.82, 2.24) is 4.72 Å². The molecule has 6 heteroatoms. The number of hydrogen-bond acceptors (Lipinski definition) is 4. The Balaban J connectivity index is 2.05. The summed E-state index contributed by atoms with van der Waals surface area (Å²) >= 11 is 0. The summed E-state index contributed by atoms with van der Waals surface area (Å²) < 4.78 is 32.7. The molecule has 1 aromatic rings. The minimum atomic E-state index is -3.52. The molecular formula is C14H21NO4S. The Hall–Kier alpha value is -0.950. The second kappa shape index (κ2) is 6.67. The van der Waals surface area contributed by atoms with Crippen molar-refractivity contribution in [2.24, 2.45) is 0 Å². The third kappa shape index (κ3) is 3.79. The van der Waals surface area contributed by atoms with Crippen LogP contribution in [0.1, 0.15) is 25.3 Å². The lowest BCUT2D eigenvalue weighted by atomic mass is 10.1. The highest BCUT2D eigenvalue weighted by Gasteiger charge is 2.26. The molecule has 5 nitrogen and oxygen atoms in total. The normalized spacial score (nSPS) is 21.0. The van der Waals surface area contributed by atoms with E-state index in [4.69, 9.17) is 9.84 Å². The van der Waals surface area contributed by atoms with Crippen molar-refractivity contribution in [3.63, 3.8) is 0 Å². The van der Waals surface area contributed by atoms with Gasteiger partial charge in [0.15, 0.2) is 0 Å². The molecule has 0 aromatic heterocycles. The van der Waals surface area contributed by atoms with E-state index in [1.54, 1.807) is 24.3 Å². The predicted molar refractivity (Wildman–Crippen MR) is 76.0 cm³/mol. The van der Waals surface area contributed by atoms with E-state index in [-0.39, 0.29) is 23.6 Å². The first-order valence-corrected chi connectivity index (χ1v) is 8.35. The van der Waals surface area contributed by atoms with Gasteiger partial charge < -0.3 is 9.84 Å². The van der Waals surface area contributed by atoms with Crippen molar-refractivity contribution in [2.75, 3.05) is 13.2 Å². The van der Waals surface area contributed by atoms with Crippen LogP contribution in [0.2, 0.25) is 0 Å². The summed E-state index contributed by atoms with van der Waals surface area (Å²) in [5.74, 6) is 0. The van der Waals surface area contributed by atoms with Crippen LogP contribution in [-0.2, 0) is 21.2 Å². The fraction of sp³-hybridized carbons (Fsp3) is 0.571. The van der Waals surface area contributed by atoms with Crippen LogP contribution in [0.4, 0.5) is 0 Å². The van der Waals surface area contributed by atoms with Crippen LogP contribution in [0.15, 0.2) is 29.2 Å². The minimum absolute atomic E-state index is 0.0431. The molecule has 20 heavy (non-hydrogen) atoms. The van der Waals surface area contributed by atoms with Crippen molar-refractivity contribution in [3.05, 3.63) is 29.8 Å². The molecule has 1 fully saturated rings. The van der Waals surface area contributed by atoms with E-state index in [0.717, 1.165) is 18.4 Å². The number of sulfonamides is 1. The number of nitrogens with one attached hydrogen (secondary N) is 1. The molecule has 1 aliphatic rings. The highest BCUT2D eigenvalue weighted by Crippen LogP contribution is 2.18. The molecule has 0 aliphatic carbocycles. The van der Waals surface area contributed by atoms with Crippen LogP contribution in [0.25, 0.3) is 0 Å². The standard InChI is InChI=1S/C14H21NO4S/c1-11(14-3-2-10-19-14)15-20(17,18)13-6-4-12(5-7-13)8-9-16/h4-7,11,14-16H,2-3,8-10H2,1H3. The third-order valence-electron chi connectivity index (χ3n) is 3.50. The number of hydrogen-bond donors (Lipinski definition) is 2. The van der Waals surface area contributed by atoms with Gasteiger partial charge in [0, 0.05) is 19.3 Å². The zero-order valence-electron chi connectivity index (χ0n) is 11.6. The van der Waals surface area contributed by atoms with Gasteiger partial charge in [-0.15, -0.1) is 0 Å². The molecule has 0 saturated carbocycles. The largest absolute Gasteiger partial charge is 0.396 e. The quantitative estimate of drug-likeness (QED) is 0.824. The zero-order valence-corrected chi connectivity index (χ0v) is 12.4. The highest BCUT2D eigenvalue weighted by molar-refractivity contribution is 7.89. The van der Waals surface area contributed by atoms with E-state index in [2.05, 4.69) is 4.72 Å². The molecule has 112 valence electrons. The monoisotopic (exact) mass is 299 g/mol. The fourth-order valence-electron chi connectivity index (χ4n) is 2.35. The number of benzene rings is 1. The summed E-state index contributed by atoms with van der Waals surface area (Å²) in [6.07, 6.45) is 2.35. The van der Waals surface area contributed by atoms with Crippen molar-refractivity contribution in [3.8, 4) is 0 Å². The molecule has 1 aromatic carbocycles. The van der Waals surface area contributed by atoms with Crippen molar-refractivity contribution < 1.29 is 18.3 Å². The molecule has 0 bridgehead atoms. The molecule has 1 heterocycles. The van der Waals surface area contributed by atoms with Crippen molar-refractivity contribution in [1.29, 1.82) is 0 Å². The SMILES string of the molecule is CC(NS(=O)(=O)c1ccc(CCO)cc1)C1CCCO1. The summed E-state index contributed by atoms with van der Waals surface area (Å²) in [7, 11) is -3.52. The summed E-state index contributed by atoms with van der Waals surface area (Å²) in [5, 5.41) is 8.84. The molecule has 0 amide bonds. The molecule has 2 rings (SSSR count). The van der Waals surface area contributed by atoms with E-state index in [1.165, 1.54) is 0 Å².